The van der Waals surface area contributed by atoms with Crippen molar-refractivity contribution in [1.29, 1.82) is 0 Å². The van der Waals surface area contributed by atoms with Gasteiger partial charge in [0.1, 0.15) is 5.52 Å². The van der Waals surface area contributed by atoms with Crippen LogP contribution < -0.4 is 5.73 Å². The van der Waals surface area contributed by atoms with Crippen LogP contribution in [-0.2, 0) is 6.42 Å². The highest BCUT2D eigenvalue weighted by atomic mass is 16.3. The Morgan fingerprint density at radius 1 is 1.29 bits per heavy atom. The largest absolute Gasteiger partial charge is 0.441 e. The standard InChI is InChI=1S/C14H18N2O/c15-11-6-7-12-13(9-11)17-14(16-12)8-5-10-3-1-2-4-10/h6-7,9-10H,1-5,8,15H2. The summed E-state index contributed by atoms with van der Waals surface area (Å²) in [7, 11) is 0. The lowest BCUT2D eigenvalue weighted by Gasteiger charge is -2.05. The summed E-state index contributed by atoms with van der Waals surface area (Å²) in [4.78, 5) is 4.49. The summed E-state index contributed by atoms with van der Waals surface area (Å²) in [5, 5.41) is 0. The predicted octanol–water partition coefficient (Wildman–Crippen LogP) is 3.53. The third-order valence-electron chi connectivity index (χ3n) is 3.70. The van der Waals surface area contributed by atoms with Gasteiger partial charge in [-0.25, -0.2) is 4.98 Å². The van der Waals surface area contributed by atoms with Gasteiger partial charge in [0.25, 0.3) is 0 Å². The molecule has 1 aliphatic carbocycles. The summed E-state index contributed by atoms with van der Waals surface area (Å²) >= 11 is 0. The van der Waals surface area contributed by atoms with Crippen molar-refractivity contribution < 1.29 is 4.42 Å². The van der Waals surface area contributed by atoms with E-state index < -0.39 is 0 Å². The Balaban J connectivity index is 1.72. The number of hydrogen-bond donors (Lipinski definition) is 1. The fraction of sp³-hybridized carbons (Fsp3) is 0.500. The first kappa shape index (κ1) is 10.6. The minimum Gasteiger partial charge on any atom is -0.441 e. The Bertz CT molecular complexity index is 512. The van der Waals surface area contributed by atoms with Crippen LogP contribution in [0.25, 0.3) is 11.1 Å². The van der Waals surface area contributed by atoms with E-state index in [-0.39, 0.29) is 0 Å². The van der Waals surface area contributed by atoms with E-state index in [0.29, 0.717) is 0 Å². The van der Waals surface area contributed by atoms with Crippen LogP contribution >= 0.6 is 0 Å². The third-order valence-corrected chi connectivity index (χ3v) is 3.70. The van der Waals surface area contributed by atoms with Crippen LogP contribution in [0.2, 0.25) is 0 Å². The van der Waals surface area contributed by atoms with Gasteiger partial charge >= 0.3 is 0 Å². The van der Waals surface area contributed by atoms with Crippen LogP contribution in [0.1, 0.15) is 38.0 Å². The molecule has 1 aromatic heterocycles. The summed E-state index contributed by atoms with van der Waals surface area (Å²) in [5.41, 5.74) is 8.18. The zero-order valence-electron chi connectivity index (χ0n) is 9.98. The van der Waals surface area contributed by atoms with E-state index in [1.54, 1.807) is 0 Å². The van der Waals surface area contributed by atoms with Crippen LogP contribution in [0.5, 0.6) is 0 Å². The van der Waals surface area contributed by atoms with Crippen molar-refractivity contribution in [3.8, 4) is 0 Å². The maximum absolute atomic E-state index is 5.72. The van der Waals surface area contributed by atoms with Gasteiger partial charge in [-0.15, -0.1) is 0 Å². The van der Waals surface area contributed by atoms with Crippen molar-refractivity contribution >= 4 is 16.8 Å². The van der Waals surface area contributed by atoms with Crippen LogP contribution in [0.15, 0.2) is 22.6 Å². The van der Waals surface area contributed by atoms with E-state index in [0.717, 1.165) is 35.0 Å². The molecular formula is C14H18N2O. The molecule has 1 aliphatic rings. The quantitative estimate of drug-likeness (QED) is 0.820. The number of fused-ring (bicyclic) bond motifs is 1. The fourth-order valence-electron chi connectivity index (χ4n) is 2.72. The molecule has 90 valence electrons. The van der Waals surface area contributed by atoms with E-state index >= 15 is 0 Å². The highest BCUT2D eigenvalue weighted by molar-refractivity contribution is 5.76. The maximum atomic E-state index is 5.72. The summed E-state index contributed by atoms with van der Waals surface area (Å²) in [6, 6.07) is 5.64. The summed E-state index contributed by atoms with van der Waals surface area (Å²) in [6.45, 7) is 0. The molecule has 0 unspecified atom stereocenters. The number of benzene rings is 1. The van der Waals surface area contributed by atoms with Gasteiger partial charge in [-0.2, -0.15) is 0 Å². The van der Waals surface area contributed by atoms with Crippen molar-refractivity contribution in [2.75, 3.05) is 5.73 Å². The number of nitrogens with two attached hydrogens (primary N) is 1. The number of nitrogen functional groups attached to an aromatic ring is 1. The van der Waals surface area contributed by atoms with Crippen LogP contribution in [0, 0.1) is 5.92 Å². The number of anilines is 1. The second-order valence-electron chi connectivity index (χ2n) is 5.02. The lowest BCUT2D eigenvalue weighted by Crippen LogP contribution is -1.96. The summed E-state index contributed by atoms with van der Waals surface area (Å²) in [6.07, 6.45) is 7.73. The smallest absolute Gasteiger partial charge is 0.195 e. The first-order chi connectivity index (χ1) is 8.31. The van der Waals surface area contributed by atoms with Crippen LogP contribution in [0.3, 0.4) is 0 Å². The normalized spacial score (nSPS) is 16.9. The van der Waals surface area contributed by atoms with Crippen LogP contribution in [-0.4, -0.2) is 4.98 Å². The molecule has 1 saturated carbocycles. The zero-order valence-corrected chi connectivity index (χ0v) is 9.98. The highest BCUT2D eigenvalue weighted by Gasteiger charge is 2.16. The van der Waals surface area contributed by atoms with Gasteiger partial charge in [0, 0.05) is 18.2 Å². The summed E-state index contributed by atoms with van der Waals surface area (Å²) < 4.78 is 5.72. The number of oxazole rings is 1. The number of hydrogen-bond acceptors (Lipinski definition) is 3. The zero-order chi connectivity index (χ0) is 11.7. The Labute approximate surface area is 101 Å². The van der Waals surface area contributed by atoms with Gasteiger partial charge in [-0.1, -0.05) is 25.7 Å². The maximum Gasteiger partial charge on any atom is 0.195 e. The molecule has 0 atom stereocenters. The first-order valence-electron chi connectivity index (χ1n) is 6.46. The fourth-order valence-corrected chi connectivity index (χ4v) is 2.72. The number of nitrogens with zero attached hydrogens (tertiary/aromatic N) is 1. The van der Waals surface area contributed by atoms with E-state index in [1.165, 1.54) is 32.1 Å². The topological polar surface area (TPSA) is 52.0 Å². The highest BCUT2D eigenvalue weighted by Crippen LogP contribution is 2.29. The molecule has 3 rings (SSSR count). The van der Waals surface area contributed by atoms with Crippen molar-refractivity contribution in [3.05, 3.63) is 24.1 Å². The minimum atomic E-state index is 0.732. The second kappa shape index (κ2) is 4.40. The molecule has 0 amide bonds. The number of rotatable bonds is 3. The molecule has 3 heteroatoms. The van der Waals surface area contributed by atoms with Crippen molar-refractivity contribution in [3.63, 3.8) is 0 Å². The van der Waals surface area contributed by atoms with Gasteiger partial charge in [0.05, 0.1) is 0 Å². The van der Waals surface area contributed by atoms with E-state index in [9.17, 15) is 0 Å². The molecule has 0 bridgehead atoms. The molecule has 0 aliphatic heterocycles. The molecule has 2 N–H and O–H groups in total. The van der Waals surface area contributed by atoms with Crippen molar-refractivity contribution in [1.82, 2.24) is 4.98 Å². The Hall–Kier alpha value is -1.51. The summed E-state index contributed by atoms with van der Waals surface area (Å²) in [5.74, 6) is 1.74. The van der Waals surface area contributed by atoms with Gasteiger partial charge < -0.3 is 10.2 Å². The molecular weight excluding hydrogens is 212 g/mol. The minimum absolute atomic E-state index is 0.732. The monoisotopic (exact) mass is 230 g/mol. The van der Waals surface area contributed by atoms with E-state index in [2.05, 4.69) is 4.98 Å². The predicted molar refractivity (Wildman–Crippen MR) is 68.7 cm³/mol. The SMILES string of the molecule is Nc1ccc2nc(CCC3CCCC3)oc2c1. The first-order valence-corrected chi connectivity index (χ1v) is 6.46. The molecule has 2 aromatic rings. The molecule has 0 spiro atoms. The van der Waals surface area contributed by atoms with E-state index in [4.69, 9.17) is 10.2 Å². The average Bonchev–Trinajstić information content (AvgIpc) is 2.94. The molecule has 0 saturated heterocycles. The molecule has 0 radical (unpaired) electrons. The molecule has 1 fully saturated rings. The van der Waals surface area contributed by atoms with Crippen LogP contribution in [0.4, 0.5) is 5.69 Å². The number of aryl methyl sites for hydroxylation is 1. The number of aromatic nitrogens is 1. The lowest BCUT2D eigenvalue weighted by atomic mass is 10.0. The van der Waals surface area contributed by atoms with Crippen molar-refractivity contribution in [2.24, 2.45) is 5.92 Å². The van der Waals surface area contributed by atoms with Gasteiger partial charge in [-0.05, 0) is 24.5 Å². The molecule has 1 heterocycles. The Kier molecular flexibility index (Phi) is 2.75. The molecule has 3 nitrogen and oxygen atoms in total. The van der Waals surface area contributed by atoms with E-state index in [1.807, 2.05) is 18.2 Å². The average molecular weight is 230 g/mol. The van der Waals surface area contributed by atoms with Gasteiger partial charge in [0.2, 0.25) is 0 Å². The third kappa shape index (κ3) is 2.28. The Morgan fingerprint density at radius 3 is 2.94 bits per heavy atom. The molecule has 17 heavy (non-hydrogen) atoms. The lowest BCUT2D eigenvalue weighted by molar-refractivity contribution is 0.451. The second-order valence-corrected chi connectivity index (χ2v) is 5.02. The van der Waals surface area contributed by atoms with Crippen molar-refractivity contribution in [2.45, 2.75) is 38.5 Å². The van der Waals surface area contributed by atoms with Gasteiger partial charge in [0.15, 0.2) is 11.5 Å². The van der Waals surface area contributed by atoms with Gasteiger partial charge in [-0.3, -0.25) is 0 Å². The molecule has 1 aromatic carbocycles. The Morgan fingerprint density at radius 2 is 2.12 bits per heavy atom.